The molecule has 0 saturated heterocycles. The van der Waals surface area contributed by atoms with Crippen molar-refractivity contribution in [1.82, 2.24) is 158 Å². The molecule has 0 amide bonds. The first-order chi connectivity index (χ1) is 47.7. The molecule has 19 aromatic rings. The van der Waals surface area contributed by atoms with E-state index in [9.17, 15) is 0 Å². The molecule has 1 radical (unpaired) electrons. The van der Waals surface area contributed by atoms with Crippen LogP contribution in [0.3, 0.4) is 0 Å². The molecular weight excluding hydrogens is 1280 g/mol. The quantitative estimate of drug-likeness (QED) is 0.134. The molecule has 13 heterocycles. The molecule has 0 fully saturated rings. The van der Waals surface area contributed by atoms with Crippen molar-refractivity contribution in [3.63, 3.8) is 0 Å². The van der Waals surface area contributed by atoms with Gasteiger partial charge in [0.25, 0.3) is 0 Å². The molecule has 459 valence electrons. The van der Waals surface area contributed by atoms with Crippen LogP contribution in [0.15, 0.2) is 198 Å². The third-order valence-electron chi connectivity index (χ3n) is 17.5. The largest absolute Gasteiger partial charge is 2.00 e. The number of hydrogen-bond donors (Lipinski definition) is 0. The van der Waals surface area contributed by atoms with Crippen molar-refractivity contribution in [2.24, 2.45) is 0 Å². The topological polar surface area (TPSA) is 351 Å². The first-order valence-electron chi connectivity index (χ1n) is 29.5. The molecule has 2 aliphatic heterocycles. The summed E-state index contributed by atoms with van der Waals surface area (Å²) in [5.41, 5.74) is 7.87. The summed E-state index contributed by atoms with van der Waals surface area (Å²) in [6.45, 7) is 0. The van der Waals surface area contributed by atoms with Crippen LogP contribution in [0, 0.1) is 0 Å². The van der Waals surface area contributed by atoms with Gasteiger partial charge < -0.3 is 29.9 Å². The molecule has 8 bridgehead atoms. The fourth-order valence-corrected chi connectivity index (χ4v) is 13.9. The van der Waals surface area contributed by atoms with Crippen LogP contribution < -0.4 is 9.97 Å². The van der Waals surface area contributed by atoms with Crippen LogP contribution in [0.2, 0.25) is 0 Å². The Morgan fingerprint density at radius 1 is 0.196 bits per heavy atom. The van der Waals surface area contributed by atoms with Crippen LogP contribution in [0.25, 0.3) is 178 Å². The fraction of sp³-hybridized carbons (Fsp3) is 0. The minimum Gasteiger partial charge on any atom is -0.357 e. The van der Waals surface area contributed by atoms with E-state index in [0.29, 0.717) is 89.3 Å². The number of nitrogens with zero attached hydrogens (tertiary/aromatic N) is 32. The Kier molecular flexibility index (Phi) is 11.2. The molecule has 0 N–H and O–H groups in total. The van der Waals surface area contributed by atoms with E-state index in [4.69, 9.17) is 39.9 Å². The Balaban J connectivity index is 0.00000641. The molecule has 0 saturated carbocycles. The van der Waals surface area contributed by atoms with Crippen LogP contribution in [0.4, 0.5) is 0 Å². The Hall–Kier alpha value is -14.2. The maximum atomic E-state index is 5.78. The van der Waals surface area contributed by atoms with Crippen molar-refractivity contribution in [3.05, 3.63) is 198 Å². The molecule has 21 rings (SSSR count). The van der Waals surface area contributed by atoms with Crippen molar-refractivity contribution in [2.45, 2.75) is 0 Å². The predicted octanol–water partition coefficient (Wildman–Crippen LogP) is 7.38. The van der Waals surface area contributed by atoms with Crippen LogP contribution >= 0.6 is 0 Å². The SMILES string of the molecule is [Cu+2].c1ccc2c(-n3cnnc3)c3c(c(-n4cnnc4)c2c1)-c1nc-3nc2[n-]c(nc3nc(nc4[n-]c(n1)c1c(-n5cnnc5)c5ccccc5c(-n5cnnc5)c41)-c1c-3c(-n3cnnc3)c3ccccc3c1-n1cnnc1)c1c(-n3cnnc3)c3ccccc3c(-n3cnnc3)c21. The third kappa shape index (κ3) is 7.60. The standard InChI is InChI=1S/C64H32N32.Cu/c1-2-10-34-33(9-1)49(89-17-65-66-18-89)41-42(50(34)90-19-67-68-20-90)58-81-57(41)85-59-43-44(52(92-23-71-72-24-92)36-12-4-3-11-35(36)51(43)91-21-69-70-22-91)61(82-59)87-63-47-48(56(96-31-79-80-32-96)40-16-8-7-15-39(40)55(47)95-29-77-78-30-95)64(84-63)88-62-46-45(60(83-62)86-58)53(93-25-73-74-26-93)37-13-5-6-14-38(37)54(46)94-27-75-76-28-94;/h1-32H;/q-2;+2. The van der Waals surface area contributed by atoms with Gasteiger partial charge in [-0.2, -0.15) is 0 Å². The molecule has 0 atom stereocenters. The Morgan fingerprint density at radius 2 is 0.351 bits per heavy atom. The summed E-state index contributed by atoms with van der Waals surface area (Å²) in [4.78, 5) is 45.7. The van der Waals surface area contributed by atoms with Gasteiger partial charge in [0.1, 0.15) is 101 Å². The smallest absolute Gasteiger partial charge is 0.357 e. The molecule has 0 unspecified atom stereocenters. The van der Waals surface area contributed by atoms with Crippen molar-refractivity contribution in [3.8, 4) is 91.1 Å². The molecule has 0 aliphatic carbocycles. The van der Waals surface area contributed by atoms with E-state index < -0.39 is 0 Å². The summed E-state index contributed by atoms with van der Waals surface area (Å²) in [7, 11) is 0. The molecule has 8 aromatic carbocycles. The zero-order chi connectivity index (χ0) is 62.7. The van der Waals surface area contributed by atoms with E-state index in [1.54, 1.807) is 101 Å². The number of benzene rings is 8. The summed E-state index contributed by atoms with van der Waals surface area (Å²) in [6.07, 6.45) is 26.2. The summed E-state index contributed by atoms with van der Waals surface area (Å²) in [5.74, 6) is 0.755. The third-order valence-corrected chi connectivity index (χ3v) is 17.5. The van der Waals surface area contributed by atoms with Gasteiger partial charge in [0, 0.05) is 109 Å². The first kappa shape index (κ1) is 53.5. The van der Waals surface area contributed by atoms with Gasteiger partial charge in [0.15, 0.2) is 0 Å². The minimum atomic E-state index is 0. The monoisotopic (exact) mass is 1310 g/mol. The van der Waals surface area contributed by atoms with Crippen LogP contribution in [-0.4, -0.2) is 148 Å². The number of aromatic nitrogens is 32. The van der Waals surface area contributed by atoms with Crippen molar-refractivity contribution in [2.75, 3.05) is 0 Å². The minimum absolute atomic E-state index is 0. The van der Waals surface area contributed by atoms with Crippen LogP contribution in [-0.2, 0) is 17.1 Å². The Bertz CT molecular complexity index is 5770. The van der Waals surface area contributed by atoms with Gasteiger partial charge in [-0.25, -0.2) is 9.97 Å². The second-order valence-corrected chi connectivity index (χ2v) is 22.4. The van der Waals surface area contributed by atoms with E-state index >= 15 is 0 Å². The fourth-order valence-electron chi connectivity index (χ4n) is 13.9. The van der Waals surface area contributed by atoms with E-state index in [0.717, 1.165) is 43.1 Å². The van der Waals surface area contributed by atoms with E-state index in [2.05, 4.69) is 81.6 Å². The number of rotatable bonds is 8. The van der Waals surface area contributed by atoms with Gasteiger partial charge in [0.05, 0.1) is 68.8 Å². The number of fused-ring (bicyclic) bond motifs is 24. The average molecular weight is 1310 g/mol. The maximum Gasteiger partial charge on any atom is 2.00 e. The Morgan fingerprint density at radius 3 is 0.526 bits per heavy atom. The normalized spacial score (nSPS) is 12.0. The van der Waals surface area contributed by atoms with E-state index in [1.807, 2.05) is 134 Å². The van der Waals surface area contributed by atoms with Gasteiger partial charge >= 0.3 is 17.1 Å². The van der Waals surface area contributed by atoms with Gasteiger partial charge in [-0.15, -0.1) is 81.6 Å². The van der Waals surface area contributed by atoms with E-state index in [1.165, 1.54) is 0 Å². The zero-order valence-corrected chi connectivity index (χ0v) is 50.0. The Labute approximate surface area is 548 Å². The maximum absolute atomic E-state index is 5.78. The van der Waals surface area contributed by atoms with Gasteiger partial charge in [-0.1, -0.05) is 97.1 Å². The first-order valence-corrected chi connectivity index (χ1v) is 29.5. The average Bonchev–Trinajstić information content (AvgIpc) is 1.72. The zero-order valence-electron chi connectivity index (χ0n) is 49.1. The molecule has 0 spiro atoms. The van der Waals surface area contributed by atoms with Gasteiger partial charge in [-0.3, -0.25) is 36.5 Å². The van der Waals surface area contributed by atoms with Gasteiger partial charge in [0.2, 0.25) is 0 Å². The summed E-state index contributed by atoms with van der Waals surface area (Å²) in [5, 5.41) is 78.1. The summed E-state index contributed by atoms with van der Waals surface area (Å²) < 4.78 is 14.7. The second-order valence-electron chi connectivity index (χ2n) is 22.4. The molecule has 97 heavy (non-hydrogen) atoms. The second kappa shape index (κ2) is 20.4. The van der Waals surface area contributed by atoms with Gasteiger partial charge in [-0.05, 0) is 0 Å². The number of hydrogen-bond acceptors (Lipinski definition) is 22. The molecule has 33 heteroatoms. The molecule has 32 nitrogen and oxygen atoms in total. The van der Waals surface area contributed by atoms with Crippen molar-refractivity contribution < 1.29 is 17.1 Å². The van der Waals surface area contributed by atoms with E-state index in [-0.39, 0.29) is 63.0 Å². The van der Waals surface area contributed by atoms with Crippen LogP contribution in [0.5, 0.6) is 0 Å². The van der Waals surface area contributed by atoms with Crippen molar-refractivity contribution >= 4 is 87.2 Å². The van der Waals surface area contributed by atoms with Crippen molar-refractivity contribution in [1.29, 1.82) is 0 Å². The van der Waals surface area contributed by atoms with Crippen LogP contribution in [0.1, 0.15) is 0 Å². The molecular formula is C64H32CuN32. The summed E-state index contributed by atoms with van der Waals surface area (Å²) >= 11 is 0. The molecule has 11 aromatic heterocycles. The predicted molar refractivity (Wildman–Crippen MR) is 343 cm³/mol. The summed E-state index contributed by atoms with van der Waals surface area (Å²) in [6, 6.07) is 31.9. The molecule has 2 aliphatic rings.